The van der Waals surface area contributed by atoms with E-state index in [0.29, 0.717) is 17.5 Å². The van der Waals surface area contributed by atoms with E-state index in [0.717, 1.165) is 55.3 Å². The Balaban J connectivity index is 1.02. The molecule has 56 heavy (non-hydrogen) atoms. The summed E-state index contributed by atoms with van der Waals surface area (Å²) in [7, 11) is 0. The van der Waals surface area contributed by atoms with Gasteiger partial charge in [0.1, 0.15) is 11.2 Å². The summed E-state index contributed by atoms with van der Waals surface area (Å²) in [6.45, 7) is 0. The highest BCUT2D eigenvalue weighted by Gasteiger charge is 2.18. The van der Waals surface area contributed by atoms with E-state index in [2.05, 4.69) is 140 Å². The molecule has 5 heteroatoms. The van der Waals surface area contributed by atoms with Gasteiger partial charge in [0.15, 0.2) is 17.5 Å². The first-order valence-electron chi connectivity index (χ1n) is 18.7. The Morgan fingerprint density at radius 3 is 1.55 bits per heavy atom. The van der Waals surface area contributed by atoms with Gasteiger partial charge in [-0.05, 0) is 64.2 Å². The van der Waals surface area contributed by atoms with Gasteiger partial charge < -0.3 is 4.42 Å². The Labute approximate surface area is 327 Å². The fourth-order valence-electron chi connectivity index (χ4n) is 7.72. The number of aromatic nitrogens is 3. The minimum absolute atomic E-state index is 0.643. The van der Waals surface area contributed by atoms with Crippen molar-refractivity contribution < 1.29 is 4.42 Å². The summed E-state index contributed by atoms with van der Waals surface area (Å²) in [5.41, 5.74) is 11.5. The molecule has 0 aliphatic carbocycles. The summed E-state index contributed by atoms with van der Waals surface area (Å²) >= 11 is 1.79. The number of para-hydroxylation sites is 1. The molecule has 0 amide bonds. The van der Waals surface area contributed by atoms with Crippen LogP contribution < -0.4 is 0 Å². The van der Waals surface area contributed by atoms with E-state index in [9.17, 15) is 0 Å². The molecule has 0 unspecified atom stereocenters. The van der Waals surface area contributed by atoms with E-state index in [4.69, 9.17) is 19.4 Å². The van der Waals surface area contributed by atoms with Gasteiger partial charge in [0.25, 0.3) is 0 Å². The van der Waals surface area contributed by atoms with Gasteiger partial charge in [0.05, 0.1) is 0 Å². The van der Waals surface area contributed by atoms with Crippen molar-refractivity contribution in [1.29, 1.82) is 0 Å². The minimum atomic E-state index is 0.643. The second-order valence-electron chi connectivity index (χ2n) is 14.0. The largest absolute Gasteiger partial charge is 0.455 e. The normalized spacial score (nSPS) is 11.6. The van der Waals surface area contributed by atoms with Crippen molar-refractivity contribution in [1.82, 2.24) is 15.0 Å². The van der Waals surface area contributed by atoms with Gasteiger partial charge in [0.2, 0.25) is 0 Å². The highest BCUT2D eigenvalue weighted by molar-refractivity contribution is 7.25. The first kappa shape index (κ1) is 32.2. The molecule has 0 spiro atoms. The van der Waals surface area contributed by atoms with Crippen LogP contribution in [-0.4, -0.2) is 15.0 Å². The molecule has 11 rings (SSSR count). The van der Waals surface area contributed by atoms with Crippen molar-refractivity contribution in [2.75, 3.05) is 0 Å². The summed E-state index contributed by atoms with van der Waals surface area (Å²) in [5, 5.41) is 4.65. The molecule has 0 N–H and O–H groups in total. The molecule has 0 saturated heterocycles. The summed E-state index contributed by atoms with van der Waals surface area (Å²) < 4.78 is 8.97. The number of rotatable bonds is 6. The Kier molecular flexibility index (Phi) is 7.64. The lowest BCUT2D eigenvalue weighted by molar-refractivity contribution is 0.670. The highest BCUT2D eigenvalue weighted by Crippen LogP contribution is 2.43. The second kappa shape index (κ2) is 13.3. The van der Waals surface area contributed by atoms with Crippen LogP contribution in [0.25, 0.3) is 110 Å². The monoisotopic (exact) mass is 733 g/mol. The van der Waals surface area contributed by atoms with Gasteiger partial charge in [-0.2, -0.15) is 0 Å². The predicted octanol–water partition coefficient (Wildman–Crippen LogP) is 14.1. The average molecular weight is 734 g/mol. The summed E-state index contributed by atoms with van der Waals surface area (Å²) in [6, 6.07) is 65.7. The maximum atomic E-state index is 6.57. The third kappa shape index (κ3) is 5.65. The van der Waals surface area contributed by atoms with Crippen molar-refractivity contribution >= 4 is 53.4 Å². The zero-order chi connectivity index (χ0) is 37.0. The molecular formula is C51H31N3OS. The average Bonchev–Trinajstić information content (AvgIpc) is 3.84. The molecule has 0 fully saturated rings. The van der Waals surface area contributed by atoms with Crippen molar-refractivity contribution in [3.63, 3.8) is 0 Å². The molecule has 262 valence electrons. The standard InChI is InChI=1S/C51H31N3OS/c1-4-12-32(13-5-1)34-20-22-36(23-21-34)50-52-49(35-16-8-3-9-17-35)53-51(54-50)38-24-26-41-43-28-37(25-27-46(43)56-47(41)31-38)42-29-39(33-14-6-2-7-15-33)30-44-40-18-10-11-19-45(40)55-48(42)44/h1-31H. The van der Waals surface area contributed by atoms with Crippen LogP contribution in [0.3, 0.4) is 0 Å². The van der Waals surface area contributed by atoms with Crippen LogP contribution >= 0.6 is 11.3 Å². The molecular weight excluding hydrogens is 703 g/mol. The molecule has 0 aliphatic rings. The molecule has 8 aromatic carbocycles. The first-order chi connectivity index (χ1) is 27.7. The van der Waals surface area contributed by atoms with Gasteiger partial charge in [0, 0.05) is 53.2 Å². The lowest BCUT2D eigenvalue weighted by atomic mass is 9.95. The molecule has 0 aliphatic heterocycles. The van der Waals surface area contributed by atoms with Crippen LogP contribution in [0.5, 0.6) is 0 Å². The Morgan fingerprint density at radius 1 is 0.321 bits per heavy atom. The first-order valence-corrected chi connectivity index (χ1v) is 19.5. The zero-order valence-corrected chi connectivity index (χ0v) is 30.9. The van der Waals surface area contributed by atoms with Gasteiger partial charge >= 0.3 is 0 Å². The number of thiophene rings is 1. The number of benzene rings is 8. The van der Waals surface area contributed by atoms with Gasteiger partial charge in [-0.1, -0.05) is 152 Å². The molecule has 0 atom stereocenters. The van der Waals surface area contributed by atoms with Crippen molar-refractivity contribution in [2.45, 2.75) is 0 Å². The van der Waals surface area contributed by atoms with Crippen molar-refractivity contribution in [2.24, 2.45) is 0 Å². The molecule has 0 radical (unpaired) electrons. The van der Waals surface area contributed by atoms with Gasteiger partial charge in [-0.25, -0.2) is 15.0 Å². The van der Waals surface area contributed by atoms with Crippen molar-refractivity contribution in [3.05, 3.63) is 188 Å². The Hall–Kier alpha value is -7.21. The fourth-order valence-corrected chi connectivity index (χ4v) is 8.84. The zero-order valence-electron chi connectivity index (χ0n) is 30.1. The van der Waals surface area contributed by atoms with Crippen LogP contribution in [0, 0.1) is 0 Å². The number of furan rings is 1. The predicted molar refractivity (Wildman–Crippen MR) is 233 cm³/mol. The minimum Gasteiger partial charge on any atom is -0.455 e. The van der Waals surface area contributed by atoms with E-state index in [1.165, 1.54) is 36.9 Å². The van der Waals surface area contributed by atoms with Crippen LogP contribution in [0.15, 0.2) is 192 Å². The third-order valence-electron chi connectivity index (χ3n) is 10.5. The molecule has 3 heterocycles. The van der Waals surface area contributed by atoms with Gasteiger partial charge in [-0.3, -0.25) is 0 Å². The topological polar surface area (TPSA) is 51.8 Å². The van der Waals surface area contributed by atoms with Gasteiger partial charge in [-0.15, -0.1) is 11.3 Å². The summed E-state index contributed by atoms with van der Waals surface area (Å²) in [4.78, 5) is 15.1. The maximum Gasteiger partial charge on any atom is 0.164 e. The molecule has 0 bridgehead atoms. The van der Waals surface area contributed by atoms with Crippen LogP contribution in [0.2, 0.25) is 0 Å². The van der Waals surface area contributed by atoms with Crippen LogP contribution in [0.1, 0.15) is 0 Å². The van der Waals surface area contributed by atoms with E-state index < -0.39 is 0 Å². The molecule has 3 aromatic heterocycles. The SMILES string of the molecule is c1ccc(-c2ccc(-c3nc(-c4ccccc4)nc(-c4ccc5c(c4)sc4ccc(-c6cc(-c7ccccc7)cc7c6oc6ccccc67)cc45)n3)cc2)cc1. The summed E-state index contributed by atoms with van der Waals surface area (Å²) in [5.74, 6) is 1.93. The maximum absolute atomic E-state index is 6.57. The molecule has 0 saturated carbocycles. The van der Waals surface area contributed by atoms with Crippen LogP contribution in [-0.2, 0) is 0 Å². The molecule has 11 aromatic rings. The third-order valence-corrected chi connectivity index (χ3v) is 11.7. The van der Waals surface area contributed by atoms with E-state index in [1.807, 2.05) is 48.5 Å². The Bertz CT molecular complexity index is 3230. The smallest absolute Gasteiger partial charge is 0.164 e. The van der Waals surface area contributed by atoms with Crippen LogP contribution in [0.4, 0.5) is 0 Å². The lowest BCUT2D eigenvalue weighted by Gasteiger charge is -2.09. The van der Waals surface area contributed by atoms with E-state index >= 15 is 0 Å². The number of fused-ring (bicyclic) bond motifs is 6. The second-order valence-corrected chi connectivity index (χ2v) is 15.1. The van der Waals surface area contributed by atoms with E-state index in [-0.39, 0.29) is 0 Å². The summed E-state index contributed by atoms with van der Waals surface area (Å²) in [6.07, 6.45) is 0. The number of hydrogen-bond donors (Lipinski definition) is 0. The fraction of sp³-hybridized carbons (Fsp3) is 0. The highest BCUT2D eigenvalue weighted by atomic mass is 32.1. The number of hydrogen-bond acceptors (Lipinski definition) is 5. The lowest BCUT2D eigenvalue weighted by Crippen LogP contribution is -2.00. The van der Waals surface area contributed by atoms with E-state index in [1.54, 1.807) is 11.3 Å². The number of nitrogens with zero attached hydrogens (tertiary/aromatic N) is 3. The van der Waals surface area contributed by atoms with Crippen molar-refractivity contribution in [3.8, 4) is 67.5 Å². The Morgan fingerprint density at radius 2 is 0.839 bits per heavy atom. The quantitative estimate of drug-likeness (QED) is 0.171. The molecule has 4 nitrogen and oxygen atoms in total.